The molecular formula is C17H19Cl2NO2. The maximum atomic E-state index is 10.00. The van der Waals surface area contributed by atoms with E-state index in [-0.39, 0.29) is 12.6 Å². The molecule has 22 heavy (non-hydrogen) atoms. The molecule has 0 amide bonds. The third-order valence-electron chi connectivity index (χ3n) is 3.28. The number of hydrogen-bond acceptors (Lipinski definition) is 3. The average molecular weight is 340 g/mol. The van der Waals surface area contributed by atoms with Gasteiger partial charge in [0.25, 0.3) is 0 Å². The van der Waals surface area contributed by atoms with Gasteiger partial charge in [0.15, 0.2) is 0 Å². The smallest absolute Gasteiger partial charge is 0.138 e. The zero-order chi connectivity index (χ0) is 15.9. The lowest BCUT2D eigenvalue weighted by Gasteiger charge is -2.18. The van der Waals surface area contributed by atoms with Crippen molar-refractivity contribution in [3.8, 4) is 5.75 Å². The summed E-state index contributed by atoms with van der Waals surface area (Å²) in [6.45, 7) is 2.65. The third-order valence-corrected chi connectivity index (χ3v) is 3.81. The molecule has 0 saturated carbocycles. The molecule has 118 valence electrons. The van der Waals surface area contributed by atoms with E-state index in [2.05, 4.69) is 12.2 Å². The molecular weight excluding hydrogens is 321 g/mol. The quantitative estimate of drug-likeness (QED) is 0.798. The zero-order valence-electron chi connectivity index (χ0n) is 12.3. The molecule has 3 nitrogen and oxygen atoms in total. The Balaban J connectivity index is 1.77. The molecule has 5 heteroatoms. The summed E-state index contributed by atoms with van der Waals surface area (Å²) in [4.78, 5) is 0. The fourth-order valence-electron chi connectivity index (χ4n) is 2.01. The molecule has 2 aromatic rings. The van der Waals surface area contributed by atoms with E-state index < -0.39 is 6.10 Å². The number of aliphatic hydroxyl groups is 1. The van der Waals surface area contributed by atoms with Crippen LogP contribution in [0.25, 0.3) is 0 Å². The first-order chi connectivity index (χ1) is 10.6. The molecule has 0 heterocycles. The van der Waals surface area contributed by atoms with Gasteiger partial charge < -0.3 is 15.2 Å². The highest BCUT2D eigenvalue weighted by atomic mass is 35.5. The maximum absolute atomic E-state index is 10.00. The zero-order valence-corrected chi connectivity index (χ0v) is 13.8. The minimum absolute atomic E-state index is 0.162. The molecule has 0 radical (unpaired) electrons. The lowest BCUT2D eigenvalue weighted by molar-refractivity contribution is 0.104. The van der Waals surface area contributed by atoms with Gasteiger partial charge in [0, 0.05) is 17.6 Å². The Morgan fingerprint density at radius 2 is 1.86 bits per heavy atom. The van der Waals surface area contributed by atoms with Crippen LogP contribution in [-0.2, 0) is 0 Å². The van der Waals surface area contributed by atoms with Crippen LogP contribution in [0.15, 0.2) is 48.5 Å². The average Bonchev–Trinajstić information content (AvgIpc) is 2.52. The van der Waals surface area contributed by atoms with E-state index in [1.807, 2.05) is 30.3 Å². The second-order valence-electron chi connectivity index (χ2n) is 5.08. The van der Waals surface area contributed by atoms with Gasteiger partial charge in [-0.3, -0.25) is 0 Å². The number of benzene rings is 2. The topological polar surface area (TPSA) is 41.5 Å². The van der Waals surface area contributed by atoms with Gasteiger partial charge in [0.05, 0.1) is 5.02 Å². The van der Waals surface area contributed by atoms with Gasteiger partial charge in [0.2, 0.25) is 0 Å². The van der Waals surface area contributed by atoms with Gasteiger partial charge in [0.1, 0.15) is 18.5 Å². The van der Waals surface area contributed by atoms with Gasteiger partial charge >= 0.3 is 0 Å². The molecule has 2 rings (SSSR count). The summed E-state index contributed by atoms with van der Waals surface area (Å²) in [5, 5.41) is 14.3. The van der Waals surface area contributed by atoms with Crippen LogP contribution in [-0.4, -0.2) is 24.4 Å². The molecule has 0 aliphatic carbocycles. The molecule has 2 unspecified atom stereocenters. The van der Waals surface area contributed by atoms with Crippen molar-refractivity contribution >= 4 is 23.2 Å². The first kappa shape index (κ1) is 17.1. The van der Waals surface area contributed by atoms with E-state index in [4.69, 9.17) is 27.9 Å². The molecule has 0 aliphatic heterocycles. The fourth-order valence-corrected chi connectivity index (χ4v) is 2.47. The van der Waals surface area contributed by atoms with Crippen molar-refractivity contribution in [2.45, 2.75) is 19.1 Å². The Labute approximate surface area is 140 Å². The van der Waals surface area contributed by atoms with Crippen molar-refractivity contribution in [2.75, 3.05) is 13.2 Å². The van der Waals surface area contributed by atoms with Crippen LogP contribution in [0.4, 0.5) is 0 Å². The predicted molar refractivity (Wildman–Crippen MR) is 90.8 cm³/mol. The molecule has 2 N–H and O–H groups in total. The minimum atomic E-state index is -0.627. The molecule has 2 aromatic carbocycles. The lowest BCUT2D eigenvalue weighted by Crippen LogP contribution is -2.33. The Hall–Kier alpha value is -1.26. The van der Waals surface area contributed by atoms with Crippen LogP contribution in [0.2, 0.25) is 10.0 Å². The SMILES string of the molecule is CC(NCC(O)COc1ccc(Cl)cc1Cl)c1ccccc1. The Morgan fingerprint density at radius 1 is 1.14 bits per heavy atom. The van der Waals surface area contributed by atoms with E-state index in [9.17, 15) is 5.11 Å². The molecule has 0 aromatic heterocycles. The predicted octanol–water partition coefficient (Wildman–Crippen LogP) is 4.08. The minimum Gasteiger partial charge on any atom is -0.489 e. The number of rotatable bonds is 7. The summed E-state index contributed by atoms with van der Waals surface area (Å²) in [6, 6.07) is 15.2. The number of aliphatic hydroxyl groups excluding tert-OH is 1. The molecule has 0 spiro atoms. The van der Waals surface area contributed by atoms with E-state index >= 15 is 0 Å². The summed E-state index contributed by atoms with van der Waals surface area (Å²) in [6.07, 6.45) is -0.627. The highest BCUT2D eigenvalue weighted by Crippen LogP contribution is 2.27. The van der Waals surface area contributed by atoms with Crippen LogP contribution in [0.3, 0.4) is 0 Å². The summed E-state index contributed by atoms with van der Waals surface area (Å²) < 4.78 is 5.51. The number of halogens is 2. The maximum Gasteiger partial charge on any atom is 0.138 e. The van der Waals surface area contributed by atoms with Crippen molar-refractivity contribution in [1.82, 2.24) is 5.32 Å². The largest absolute Gasteiger partial charge is 0.489 e. The molecule has 0 aliphatic rings. The normalized spacial score (nSPS) is 13.6. The highest BCUT2D eigenvalue weighted by molar-refractivity contribution is 6.35. The van der Waals surface area contributed by atoms with Crippen molar-refractivity contribution in [1.29, 1.82) is 0 Å². The van der Waals surface area contributed by atoms with Gasteiger partial charge in [-0.2, -0.15) is 0 Å². The Morgan fingerprint density at radius 3 is 2.55 bits per heavy atom. The summed E-state index contributed by atoms with van der Waals surface area (Å²) in [7, 11) is 0. The molecule has 2 atom stereocenters. The second-order valence-corrected chi connectivity index (χ2v) is 5.92. The first-order valence-corrected chi connectivity index (χ1v) is 7.86. The van der Waals surface area contributed by atoms with Gasteiger partial charge in [-0.15, -0.1) is 0 Å². The first-order valence-electron chi connectivity index (χ1n) is 7.10. The van der Waals surface area contributed by atoms with Crippen LogP contribution in [0.5, 0.6) is 5.75 Å². The standard InChI is InChI=1S/C17H19Cl2NO2/c1-12(13-5-3-2-4-6-13)20-10-15(21)11-22-17-8-7-14(18)9-16(17)19/h2-9,12,15,20-21H,10-11H2,1H3. The van der Waals surface area contributed by atoms with Crippen LogP contribution < -0.4 is 10.1 Å². The summed E-state index contributed by atoms with van der Waals surface area (Å²) in [5.41, 5.74) is 1.18. The monoisotopic (exact) mass is 339 g/mol. The van der Waals surface area contributed by atoms with E-state index in [0.717, 1.165) is 0 Å². The fraction of sp³-hybridized carbons (Fsp3) is 0.294. The number of hydrogen-bond donors (Lipinski definition) is 2. The van der Waals surface area contributed by atoms with Gasteiger partial charge in [-0.05, 0) is 30.7 Å². The molecule has 0 bridgehead atoms. The van der Waals surface area contributed by atoms with E-state index in [0.29, 0.717) is 22.3 Å². The summed E-state index contributed by atoms with van der Waals surface area (Å²) >= 11 is 11.8. The van der Waals surface area contributed by atoms with Crippen molar-refractivity contribution in [3.63, 3.8) is 0 Å². The number of ether oxygens (including phenoxy) is 1. The highest BCUT2D eigenvalue weighted by Gasteiger charge is 2.10. The van der Waals surface area contributed by atoms with Crippen LogP contribution >= 0.6 is 23.2 Å². The lowest BCUT2D eigenvalue weighted by atomic mass is 10.1. The Bertz CT molecular complexity index is 592. The van der Waals surface area contributed by atoms with Crippen LogP contribution in [0, 0.1) is 0 Å². The van der Waals surface area contributed by atoms with Gasteiger partial charge in [-0.25, -0.2) is 0 Å². The van der Waals surface area contributed by atoms with Gasteiger partial charge in [-0.1, -0.05) is 53.5 Å². The molecule has 0 saturated heterocycles. The Kier molecular flexibility index (Phi) is 6.52. The van der Waals surface area contributed by atoms with Crippen molar-refractivity contribution < 1.29 is 9.84 Å². The van der Waals surface area contributed by atoms with E-state index in [1.54, 1.807) is 18.2 Å². The number of nitrogens with one attached hydrogen (secondary N) is 1. The summed E-state index contributed by atoms with van der Waals surface area (Å²) in [5.74, 6) is 0.515. The van der Waals surface area contributed by atoms with Crippen LogP contribution in [0.1, 0.15) is 18.5 Å². The van der Waals surface area contributed by atoms with Crippen molar-refractivity contribution in [3.05, 3.63) is 64.1 Å². The third kappa shape index (κ3) is 5.18. The van der Waals surface area contributed by atoms with Crippen molar-refractivity contribution in [2.24, 2.45) is 0 Å². The second kappa shape index (κ2) is 8.39. The van der Waals surface area contributed by atoms with E-state index in [1.165, 1.54) is 5.56 Å². The molecule has 0 fully saturated rings.